The summed E-state index contributed by atoms with van der Waals surface area (Å²) in [5, 5.41) is 9.43. The van der Waals surface area contributed by atoms with Gasteiger partial charge in [-0.25, -0.2) is 0 Å². The predicted molar refractivity (Wildman–Crippen MR) is 57.0 cm³/mol. The third kappa shape index (κ3) is 2.34. The van der Waals surface area contributed by atoms with E-state index in [4.69, 9.17) is 0 Å². The summed E-state index contributed by atoms with van der Waals surface area (Å²) in [6, 6.07) is 5.03. The Balaban J connectivity index is 2.42. The number of hydrogen-bond donors (Lipinski definition) is 1. The molecule has 0 heterocycles. The summed E-state index contributed by atoms with van der Waals surface area (Å²) < 4.78 is 21.5. The van der Waals surface area contributed by atoms with Gasteiger partial charge in [-0.1, -0.05) is 18.2 Å². The first-order valence-electron chi connectivity index (χ1n) is 4.75. The van der Waals surface area contributed by atoms with E-state index in [0.717, 1.165) is 17.5 Å². The van der Waals surface area contributed by atoms with Crippen molar-refractivity contribution in [1.82, 2.24) is 0 Å². The van der Waals surface area contributed by atoms with Crippen molar-refractivity contribution in [3.63, 3.8) is 0 Å². The summed E-state index contributed by atoms with van der Waals surface area (Å²) >= 11 is -2.19. The van der Waals surface area contributed by atoms with Crippen molar-refractivity contribution in [2.75, 3.05) is 0 Å². The molecule has 4 heteroatoms. The number of benzene rings is 1. The van der Waals surface area contributed by atoms with E-state index in [1.807, 2.05) is 6.07 Å². The van der Waals surface area contributed by atoms with Gasteiger partial charge in [0.25, 0.3) is 0 Å². The van der Waals surface area contributed by atoms with E-state index in [9.17, 15) is 13.9 Å². The first-order valence-corrected chi connectivity index (χ1v) is 5.83. The van der Waals surface area contributed by atoms with Crippen molar-refractivity contribution < 1.29 is 13.9 Å². The molecule has 0 aromatic heterocycles. The van der Waals surface area contributed by atoms with Crippen LogP contribution in [0.5, 0.6) is 0 Å². The molecule has 0 bridgehead atoms. The number of aryl methyl sites for hydroxylation is 1. The summed E-state index contributed by atoms with van der Waals surface area (Å²) in [4.78, 5) is 0.287. The Morgan fingerprint density at radius 3 is 3.00 bits per heavy atom. The SMILES string of the molecule is O=S([O-])c1ccc2c(c1)C=CC(O)CC2. The van der Waals surface area contributed by atoms with Gasteiger partial charge in [0.15, 0.2) is 0 Å². The fourth-order valence-electron chi connectivity index (χ4n) is 1.67. The van der Waals surface area contributed by atoms with E-state index >= 15 is 0 Å². The van der Waals surface area contributed by atoms with Crippen LogP contribution < -0.4 is 0 Å². The van der Waals surface area contributed by atoms with Crippen molar-refractivity contribution in [3.8, 4) is 0 Å². The van der Waals surface area contributed by atoms with Gasteiger partial charge in [-0.15, -0.1) is 0 Å². The summed E-state index contributed by atoms with van der Waals surface area (Å²) in [6.45, 7) is 0. The van der Waals surface area contributed by atoms with Gasteiger partial charge in [0.1, 0.15) is 0 Å². The standard InChI is InChI=1S/C11H12O3S/c12-10-4-1-8-3-6-11(15(13)14)7-9(8)2-5-10/h2-3,5-7,10,12H,1,4H2,(H,13,14)/p-1. The van der Waals surface area contributed by atoms with E-state index in [1.165, 1.54) is 0 Å². The second kappa shape index (κ2) is 4.26. The van der Waals surface area contributed by atoms with Crippen LogP contribution in [0, 0.1) is 0 Å². The van der Waals surface area contributed by atoms with Crippen LogP contribution in [0.2, 0.25) is 0 Å². The lowest BCUT2D eigenvalue weighted by atomic mass is 10.0. The molecule has 0 aliphatic heterocycles. The summed E-state index contributed by atoms with van der Waals surface area (Å²) in [5.41, 5.74) is 1.96. The van der Waals surface area contributed by atoms with Gasteiger partial charge in [0.2, 0.25) is 0 Å². The van der Waals surface area contributed by atoms with Crippen molar-refractivity contribution in [1.29, 1.82) is 0 Å². The van der Waals surface area contributed by atoms with E-state index in [1.54, 1.807) is 24.3 Å². The van der Waals surface area contributed by atoms with Gasteiger partial charge < -0.3 is 9.66 Å². The quantitative estimate of drug-likeness (QED) is 0.729. The maximum Gasteiger partial charge on any atom is 0.0727 e. The molecule has 2 rings (SSSR count). The third-order valence-corrected chi connectivity index (χ3v) is 3.16. The van der Waals surface area contributed by atoms with Crippen LogP contribution in [0.3, 0.4) is 0 Å². The van der Waals surface area contributed by atoms with E-state index < -0.39 is 17.2 Å². The van der Waals surface area contributed by atoms with E-state index in [0.29, 0.717) is 6.42 Å². The van der Waals surface area contributed by atoms with Gasteiger partial charge in [-0.2, -0.15) is 0 Å². The largest absolute Gasteiger partial charge is 0.768 e. The van der Waals surface area contributed by atoms with Crippen LogP contribution in [0.15, 0.2) is 29.2 Å². The number of aliphatic hydroxyl groups excluding tert-OH is 1. The lowest BCUT2D eigenvalue weighted by Gasteiger charge is -2.09. The van der Waals surface area contributed by atoms with Gasteiger partial charge in [0, 0.05) is 4.90 Å². The minimum absolute atomic E-state index is 0.287. The molecule has 0 saturated carbocycles. The molecule has 0 radical (unpaired) electrons. The molecule has 2 unspecified atom stereocenters. The molecule has 1 N–H and O–H groups in total. The van der Waals surface area contributed by atoms with Crippen LogP contribution in [0.4, 0.5) is 0 Å². The third-order valence-electron chi connectivity index (χ3n) is 2.52. The van der Waals surface area contributed by atoms with Gasteiger partial charge in [-0.3, -0.25) is 4.21 Å². The Labute approximate surface area is 90.7 Å². The van der Waals surface area contributed by atoms with Gasteiger partial charge in [0.05, 0.1) is 6.10 Å². The highest BCUT2D eigenvalue weighted by atomic mass is 32.2. The molecule has 0 amide bonds. The highest BCUT2D eigenvalue weighted by Crippen LogP contribution is 2.21. The first-order chi connectivity index (χ1) is 7.16. The Morgan fingerprint density at radius 1 is 1.47 bits per heavy atom. The Hall–Kier alpha value is -0.970. The molecule has 1 aromatic carbocycles. The van der Waals surface area contributed by atoms with Crippen molar-refractivity contribution in [2.24, 2.45) is 0 Å². The topological polar surface area (TPSA) is 60.4 Å². The maximum absolute atomic E-state index is 10.8. The predicted octanol–water partition coefficient (Wildman–Crippen LogP) is 1.24. The molecule has 0 spiro atoms. The first kappa shape index (κ1) is 10.5. The molecule has 80 valence electrons. The zero-order chi connectivity index (χ0) is 10.8. The highest BCUT2D eigenvalue weighted by Gasteiger charge is 2.09. The molecule has 2 atom stereocenters. The molecule has 1 aromatic rings. The van der Waals surface area contributed by atoms with Crippen molar-refractivity contribution >= 4 is 17.2 Å². The molecular formula is C11H11O3S-. The average molecular weight is 223 g/mol. The number of fused-ring (bicyclic) bond motifs is 1. The zero-order valence-electron chi connectivity index (χ0n) is 8.05. The van der Waals surface area contributed by atoms with Crippen LogP contribution >= 0.6 is 0 Å². The van der Waals surface area contributed by atoms with Crippen LogP contribution in [-0.2, 0) is 17.5 Å². The molecule has 15 heavy (non-hydrogen) atoms. The minimum Gasteiger partial charge on any atom is -0.768 e. The number of rotatable bonds is 1. The van der Waals surface area contributed by atoms with Crippen LogP contribution in [0.1, 0.15) is 17.5 Å². The normalized spacial score (nSPS) is 21.9. The molecule has 1 aliphatic rings. The van der Waals surface area contributed by atoms with Gasteiger partial charge >= 0.3 is 0 Å². The molecule has 3 nitrogen and oxygen atoms in total. The number of aliphatic hydroxyl groups is 1. The summed E-state index contributed by atoms with van der Waals surface area (Å²) in [7, 11) is 0. The van der Waals surface area contributed by atoms with E-state index in [-0.39, 0.29) is 4.90 Å². The van der Waals surface area contributed by atoms with Crippen LogP contribution in [0.25, 0.3) is 6.08 Å². The van der Waals surface area contributed by atoms with Crippen molar-refractivity contribution in [2.45, 2.75) is 23.8 Å². The lowest BCUT2D eigenvalue weighted by molar-refractivity contribution is 0.214. The van der Waals surface area contributed by atoms with E-state index in [2.05, 4.69) is 0 Å². The fraction of sp³-hybridized carbons (Fsp3) is 0.273. The molecular weight excluding hydrogens is 212 g/mol. The fourth-order valence-corrected chi connectivity index (χ4v) is 2.08. The smallest absolute Gasteiger partial charge is 0.0727 e. The second-order valence-electron chi connectivity index (χ2n) is 3.56. The zero-order valence-corrected chi connectivity index (χ0v) is 8.87. The average Bonchev–Trinajstić information content (AvgIpc) is 2.40. The minimum atomic E-state index is -2.19. The number of hydrogen-bond acceptors (Lipinski definition) is 3. The monoisotopic (exact) mass is 223 g/mol. The maximum atomic E-state index is 10.8. The Morgan fingerprint density at radius 2 is 2.27 bits per heavy atom. The van der Waals surface area contributed by atoms with Crippen molar-refractivity contribution in [3.05, 3.63) is 35.4 Å². The molecule has 0 saturated heterocycles. The van der Waals surface area contributed by atoms with Crippen LogP contribution in [-0.4, -0.2) is 20.0 Å². The summed E-state index contributed by atoms with van der Waals surface area (Å²) in [5.74, 6) is 0. The lowest BCUT2D eigenvalue weighted by Crippen LogP contribution is -2.01. The second-order valence-corrected chi connectivity index (χ2v) is 4.50. The van der Waals surface area contributed by atoms with Gasteiger partial charge in [-0.05, 0) is 47.2 Å². The molecule has 0 fully saturated rings. The molecule has 1 aliphatic carbocycles. The Kier molecular flexibility index (Phi) is 3.00. The summed E-state index contributed by atoms with van der Waals surface area (Å²) in [6.07, 6.45) is 4.50. The highest BCUT2D eigenvalue weighted by molar-refractivity contribution is 7.79. The Bertz CT molecular complexity index is 426.